The third-order valence-electron chi connectivity index (χ3n) is 8.72. The topological polar surface area (TPSA) is 91.2 Å². The van der Waals surface area contributed by atoms with Gasteiger partial charge in [0, 0.05) is 60.4 Å². The number of hydrogen-bond acceptors (Lipinski definition) is 6. The zero-order valence-corrected chi connectivity index (χ0v) is 25.6. The van der Waals surface area contributed by atoms with Gasteiger partial charge in [0.05, 0.1) is 0 Å². The Morgan fingerprint density at radius 1 is 1.15 bits per heavy atom. The number of halogens is 2. The molecule has 2 aliphatic heterocycles. The second-order valence-electron chi connectivity index (χ2n) is 11.5. The quantitative estimate of drug-likeness (QED) is 0.367. The van der Waals surface area contributed by atoms with Gasteiger partial charge in [-0.05, 0) is 97.9 Å². The van der Waals surface area contributed by atoms with Gasteiger partial charge in [-0.25, -0.2) is 13.9 Å². The molecule has 0 saturated carbocycles. The second kappa shape index (κ2) is 13.4. The highest BCUT2D eigenvalue weighted by Gasteiger charge is 2.37. The minimum absolute atomic E-state index is 0.0693. The predicted molar refractivity (Wildman–Crippen MR) is 162 cm³/mol. The number of rotatable bonds is 8. The van der Waals surface area contributed by atoms with Crippen LogP contribution in [-0.4, -0.2) is 80.8 Å². The average Bonchev–Trinajstić information content (AvgIpc) is 3.39. The fourth-order valence-electron chi connectivity index (χ4n) is 6.47. The van der Waals surface area contributed by atoms with Gasteiger partial charge in [-0.15, -0.1) is 5.10 Å². The van der Waals surface area contributed by atoms with Gasteiger partial charge in [0.15, 0.2) is 5.82 Å². The third-order valence-corrected chi connectivity index (χ3v) is 9.18. The van der Waals surface area contributed by atoms with E-state index >= 15 is 0 Å². The molecule has 0 aliphatic carbocycles. The SMILES string of the molecule is CCN1CC[C@@H](NC(=O)Nc2cc(Br)cc(-c3nnnn3C)c2)[C@@H]([C@H](C)N2CCCC(Cc3ccc(F)cc3)C2)C1. The van der Waals surface area contributed by atoms with Crippen LogP contribution in [0.25, 0.3) is 11.4 Å². The fourth-order valence-corrected chi connectivity index (χ4v) is 6.96. The van der Waals surface area contributed by atoms with Gasteiger partial charge in [0.25, 0.3) is 0 Å². The normalized spacial score (nSPS) is 22.8. The Morgan fingerprint density at radius 2 is 1.95 bits per heavy atom. The van der Waals surface area contributed by atoms with Crippen LogP contribution in [0.3, 0.4) is 0 Å². The number of anilines is 1. The summed E-state index contributed by atoms with van der Waals surface area (Å²) in [5.41, 5.74) is 2.68. The van der Waals surface area contributed by atoms with Crippen LogP contribution in [0.2, 0.25) is 0 Å². The lowest BCUT2D eigenvalue weighted by atomic mass is 9.83. The van der Waals surface area contributed by atoms with Crippen molar-refractivity contribution in [1.82, 2.24) is 35.3 Å². The standard InChI is InChI=1S/C30H40BrFN8O/c1-4-39-13-11-28(34-30(41)33-26-16-23(15-24(31)17-26)29-35-36-37-38(29)3)27(19-39)20(2)40-12-5-6-22(18-40)14-21-7-9-25(32)10-8-21/h7-10,15-17,20,22,27-28H,4-6,11-14,18-19H2,1-3H3,(H2,33,34,41)/t20-,22?,27+,28+/m0/s1. The molecule has 41 heavy (non-hydrogen) atoms. The number of aryl methyl sites for hydroxylation is 1. The van der Waals surface area contributed by atoms with Crippen molar-refractivity contribution >= 4 is 27.6 Å². The van der Waals surface area contributed by atoms with Crippen molar-refractivity contribution in [1.29, 1.82) is 0 Å². The van der Waals surface area contributed by atoms with Crippen LogP contribution in [0.5, 0.6) is 0 Å². The van der Waals surface area contributed by atoms with Crippen LogP contribution < -0.4 is 10.6 Å². The van der Waals surface area contributed by atoms with E-state index in [4.69, 9.17) is 0 Å². The zero-order valence-electron chi connectivity index (χ0n) is 24.1. The van der Waals surface area contributed by atoms with Crippen LogP contribution in [0.1, 0.15) is 38.7 Å². The lowest BCUT2D eigenvalue weighted by Crippen LogP contribution is -2.58. The number of tetrazole rings is 1. The van der Waals surface area contributed by atoms with Crippen molar-refractivity contribution in [2.75, 3.05) is 38.0 Å². The number of hydrogen-bond donors (Lipinski definition) is 2. The summed E-state index contributed by atoms with van der Waals surface area (Å²) in [6.07, 6.45) is 4.23. The zero-order chi connectivity index (χ0) is 28.9. The largest absolute Gasteiger partial charge is 0.335 e. The number of amides is 2. The summed E-state index contributed by atoms with van der Waals surface area (Å²) in [6.45, 7) is 9.57. The van der Waals surface area contributed by atoms with Crippen molar-refractivity contribution in [3.8, 4) is 11.4 Å². The molecule has 2 saturated heterocycles. The number of aromatic nitrogens is 4. The summed E-state index contributed by atoms with van der Waals surface area (Å²) in [4.78, 5) is 18.4. The van der Waals surface area contributed by atoms with E-state index in [0.29, 0.717) is 29.4 Å². The maximum absolute atomic E-state index is 13.4. The Labute approximate surface area is 250 Å². The van der Waals surface area contributed by atoms with E-state index in [0.717, 1.165) is 62.0 Å². The van der Waals surface area contributed by atoms with Gasteiger partial charge in [-0.1, -0.05) is 35.0 Å². The van der Waals surface area contributed by atoms with E-state index in [2.05, 4.69) is 65.7 Å². The Bertz CT molecular complexity index is 1320. The van der Waals surface area contributed by atoms with E-state index in [1.807, 2.05) is 30.3 Å². The molecule has 1 aromatic heterocycles. The molecule has 0 bridgehead atoms. The summed E-state index contributed by atoms with van der Waals surface area (Å²) in [5.74, 6) is 1.29. The number of piperidine rings is 2. The van der Waals surface area contributed by atoms with Crippen molar-refractivity contribution in [2.24, 2.45) is 18.9 Å². The molecule has 0 radical (unpaired) electrons. The van der Waals surface area contributed by atoms with Gasteiger partial charge < -0.3 is 15.5 Å². The molecule has 5 rings (SSSR count). The Hall–Kier alpha value is -2.89. The molecular weight excluding hydrogens is 587 g/mol. The summed E-state index contributed by atoms with van der Waals surface area (Å²) in [5, 5.41) is 18.1. The molecule has 220 valence electrons. The monoisotopic (exact) mass is 626 g/mol. The van der Waals surface area contributed by atoms with Crippen molar-refractivity contribution in [2.45, 2.75) is 51.6 Å². The van der Waals surface area contributed by atoms with Crippen LogP contribution in [-0.2, 0) is 13.5 Å². The molecule has 2 fully saturated rings. The van der Waals surface area contributed by atoms with Crippen LogP contribution >= 0.6 is 15.9 Å². The maximum atomic E-state index is 13.4. The van der Waals surface area contributed by atoms with Gasteiger partial charge in [-0.2, -0.15) is 0 Å². The van der Waals surface area contributed by atoms with Crippen molar-refractivity contribution in [3.63, 3.8) is 0 Å². The lowest BCUT2D eigenvalue weighted by Gasteiger charge is -2.46. The molecule has 2 aliphatic rings. The number of nitrogens with one attached hydrogen (secondary N) is 2. The third kappa shape index (κ3) is 7.50. The number of likely N-dealkylation sites (tertiary alicyclic amines) is 2. The van der Waals surface area contributed by atoms with E-state index in [1.54, 1.807) is 23.9 Å². The summed E-state index contributed by atoms with van der Waals surface area (Å²) >= 11 is 3.55. The molecule has 4 atom stereocenters. The molecular formula is C30H40BrFN8O. The summed E-state index contributed by atoms with van der Waals surface area (Å²) < 4.78 is 15.8. The van der Waals surface area contributed by atoms with Crippen LogP contribution in [0.15, 0.2) is 46.9 Å². The molecule has 3 heterocycles. The van der Waals surface area contributed by atoms with Gasteiger partial charge in [-0.3, -0.25) is 4.90 Å². The van der Waals surface area contributed by atoms with Crippen molar-refractivity contribution < 1.29 is 9.18 Å². The Kier molecular flexibility index (Phi) is 9.67. The predicted octanol–water partition coefficient (Wildman–Crippen LogP) is 4.95. The minimum atomic E-state index is -0.204. The number of nitrogens with zero attached hydrogens (tertiary/aromatic N) is 6. The van der Waals surface area contributed by atoms with Gasteiger partial charge in [0.2, 0.25) is 0 Å². The van der Waals surface area contributed by atoms with Crippen LogP contribution in [0.4, 0.5) is 14.9 Å². The number of carbonyl (C=O) groups excluding carboxylic acids is 1. The highest BCUT2D eigenvalue weighted by molar-refractivity contribution is 9.10. The number of urea groups is 1. The molecule has 9 nitrogen and oxygen atoms in total. The first kappa shape index (κ1) is 29.6. The van der Waals surface area contributed by atoms with E-state index < -0.39 is 0 Å². The average molecular weight is 628 g/mol. The molecule has 3 aromatic rings. The fraction of sp³-hybridized carbons (Fsp3) is 0.533. The first-order valence-corrected chi connectivity index (χ1v) is 15.4. The maximum Gasteiger partial charge on any atom is 0.319 e. The first-order chi connectivity index (χ1) is 19.8. The highest BCUT2D eigenvalue weighted by Crippen LogP contribution is 2.30. The lowest BCUT2D eigenvalue weighted by molar-refractivity contribution is 0.0434. The summed E-state index contributed by atoms with van der Waals surface area (Å²) in [6, 6.07) is 12.8. The molecule has 2 aromatic carbocycles. The van der Waals surface area contributed by atoms with Crippen molar-refractivity contribution in [3.05, 3.63) is 58.3 Å². The molecule has 0 spiro atoms. The highest BCUT2D eigenvalue weighted by atomic mass is 79.9. The number of carbonyl (C=O) groups is 1. The molecule has 2 amide bonds. The van der Waals surface area contributed by atoms with Gasteiger partial charge >= 0.3 is 6.03 Å². The molecule has 2 N–H and O–H groups in total. The first-order valence-electron chi connectivity index (χ1n) is 14.6. The Balaban J connectivity index is 1.25. The van der Waals surface area contributed by atoms with E-state index in [-0.39, 0.29) is 17.9 Å². The minimum Gasteiger partial charge on any atom is -0.335 e. The van der Waals surface area contributed by atoms with E-state index in [9.17, 15) is 9.18 Å². The number of benzene rings is 2. The summed E-state index contributed by atoms with van der Waals surface area (Å²) in [7, 11) is 1.79. The second-order valence-corrected chi connectivity index (χ2v) is 12.4. The van der Waals surface area contributed by atoms with Crippen LogP contribution in [0, 0.1) is 17.7 Å². The molecule has 1 unspecified atom stereocenters. The smallest absolute Gasteiger partial charge is 0.319 e. The van der Waals surface area contributed by atoms with E-state index in [1.165, 1.54) is 12.0 Å². The van der Waals surface area contributed by atoms with Gasteiger partial charge in [0.1, 0.15) is 5.82 Å². The molecule has 11 heteroatoms. The Morgan fingerprint density at radius 3 is 2.68 bits per heavy atom.